The minimum atomic E-state index is 1.09. The number of hydrogen-bond acceptors (Lipinski definition) is 4. The molecule has 27 aromatic rings. The molecule has 0 N–H and O–H groups in total. The number of rotatable bonds is 15. The zero-order valence-electron chi connectivity index (χ0n) is 72.8. The highest BCUT2D eigenvalue weighted by Gasteiger charge is 2.23. The van der Waals surface area contributed by atoms with Crippen molar-refractivity contribution in [3.63, 3.8) is 0 Å². The number of benzene rings is 21. The van der Waals surface area contributed by atoms with Gasteiger partial charge in [0, 0.05) is 140 Å². The van der Waals surface area contributed by atoms with Crippen LogP contribution in [0, 0.1) is 0 Å². The minimum Gasteiger partial charge on any atom is -0.311 e. The number of anilines is 6. The highest BCUT2D eigenvalue weighted by Crippen LogP contribution is 2.47. The molecule has 134 heavy (non-hydrogen) atoms. The molecule has 0 spiro atoms. The molecular weight excluding hydrogens is 1660 g/mol. The van der Waals surface area contributed by atoms with Crippen molar-refractivity contribution in [2.75, 3.05) is 9.80 Å². The van der Waals surface area contributed by atoms with Gasteiger partial charge in [-0.25, -0.2) is 0 Å². The van der Waals surface area contributed by atoms with E-state index >= 15 is 0 Å². The molecule has 0 bridgehead atoms. The average molecular weight is 1740 g/mol. The van der Waals surface area contributed by atoms with Crippen LogP contribution in [0.4, 0.5) is 34.1 Å². The maximum absolute atomic E-state index is 2.38. The summed E-state index contributed by atoms with van der Waals surface area (Å²) in [5.41, 5.74) is 32.7. The molecule has 0 aliphatic rings. The van der Waals surface area contributed by atoms with Crippen LogP contribution in [0.2, 0.25) is 0 Å². The fraction of sp³-hybridized carbons (Fsp3) is 0. The zero-order valence-corrected chi connectivity index (χ0v) is 74.5. The molecule has 27 rings (SSSR count). The van der Waals surface area contributed by atoms with E-state index in [9.17, 15) is 0 Å². The summed E-state index contributed by atoms with van der Waals surface area (Å²) in [6.07, 6.45) is 0. The molecule has 0 unspecified atom stereocenters. The van der Waals surface area contributed by atoms with Crippen molar-refractivity contribution in [2.45, 2.75) is 0 Å². The van der Waals surface area contributed by atoms with Crippen molar-refractivity contribution in [3.8, 4) is 78.4 Å². The molecular formula is C126H82N6S2. The Morgan fingerprint density at radius 1 is 0.127 bits per heavy atom. The van der Waals surface area contributed by atoms with Crippen molar-refractivity contribution in [1.82, 2.24) is 18.3 Å². The summed E-state index contributed by atoms with van der Waals surface area (Å²) >= 11 is 3.72. The largest absolute Gasteiger partial charge is 0.311 e. The van der Waals surface area contributed by atoms with Crippen LogP contribution in [0.1, 0.15) is 0 Å². The third-order valence-corrected chi connectivity index (χ3v) is 29.4. The Labute approximate surface area is 782 Å². The first kappa shape index (κ1) is 77.9. The third-order valence-electron chi connectivity index (χ3n) is 27.1. The van der Waals surface area contributed by atoms with Crippen molar-refractivity contribution >= 4 is 184 Å². The number of hydrogen-bond donors (Lipinski definition) is 0. The lowest BCUT2D eigenvalue weighted by Gasteiger charge is -2.26. The number of nitrogens with zero attached hydrogens (tertiary/aromatic N) is 6. The molecule has 0 radical (unpaired) electrons. The average Bonchev–Trinajstić information content (AvgIpc) is 1.60. The molecule has 0 atom stereocenters. The van der Waals surface area contributed by atoms with Crippen LogP contribution >= 0.6 is 22.7 Å². The Kier molecular flexibility index (Phi) is 18.9. The first-order chi connectivity index (χ1) is 66.4. The fourth-order valence-electron chi connectivity index (χ4n) is 20.7. The van der Waals surface area contributed by atoms with Gasteiger partial charge in [-0.1, -0.05) is 279 Å². The maximum atomic E-state index is 2.38. The van der Waals surface area contributed by atoms with Gasteiger partial charge in [0.15, 0.2) is 0 Å². The van der Waals surface area contributed by atoms with Crippen molar-refractivity contribution < 1.29 is 0 Å². The van der Waals surface area contributed by atoms with Gasteiger partial charge in [0.2, 0.25) is 0 Å². The molecule has 0 saturated heterocycles. The van der Waals surface area contributed by atoms with E-state index in [1.54, 1.807) is 0 Å². The quantitative estimate of drug-likeness (QED) is 0.102. The molecule has 0 saturated carbocycles. The predicted molar refractivity (Wildman–Crippen MR) is 573 cm³/mol. The van der Waals surface area contributed by atoms with Crippen LogP contribution in [0.25, 0.3) is 206 Å². The van der Waals surface area contributed by atoms with Crippen molar-refractivity contribution in [2.24, 2.45) is 0 Å². The van der Waals surface area contributed by atoms with Crippen LogP contribution in [-0.4, -0.2) is 18.3 Å². The number of aromatic nitrogens is 4. The lowest BCUT2D eigenvalue weighted by Crippen LogP contribution is -2.10. The number of thiophene rings is 2. The lowest BCUT2D eigenvalue weighted by molar-refractivity contribution is 1.17. The first-order valence-corrected chi connectivity index (χ1v) is 47.4. The molecule has 0 aliphatic carbocycles. The molecule has 6 nitrogen and oxygen atoms in total. The summed E-state index contributed by atoms with van der Waals surface area (Å²) in [7, 11) is 0. The Bertz CT molecular complexity index is 9090. The van der Waals surface area contributed by atoms with Crippen LogP contribution in [0.5, 0.6) is 0 Å². The van der Waals surface area contributed by atoms with Crippen LogP contribution in [0.3, 0.4) is 0 Å². The van der Waals surface area contributed by atoms with E-state index in [-0.39, 0.29) is 0 Å². The summed E-state index contributed by atoms with van der Waals surface area (Å²) < 4.78 is 14.8. The topological polar surface area (TPSA) is 26.2 Å². The maximum Gasteiger partial charge on any atom is 0.0541 e. The second-order valence-corrected chi connectivity index (χ2v) is 36.8. The van der Waals surface area contributed by atoms with Crippen LogP contribution < -0.4 is 9.80 Å². The van der Waals surface area contributed by atoms with Gasteiger partial charge in [0.25, 0.3) is 0 Å². The second-order valence-electron chi connectivity index (χ2n) is 34.7. The molecule has 0 amide bonds. The summed E-state index contributed by atoms with van der Waals surface area (Å²) in [5.74, 6) is 0. The van der Waals surface area contributed by atoms with Gasteiger partial charge < -0.3 is 28.1 Å². The van der Waals surface area contributed by atoms with E-state index in [1.807, 2.05) is 22.7 Å². The van der Waals surface area contributed by atoms with E-state index in [0.717, 1.165) is 51.2 Å². The van der Waals surface area contributed by atoms with Crippen molar-refractivity contribution in [3.05, 3.63) is 497 Å². The molecule has 0 aliphatic heterocycles. The van der Waals surface area contributed by atoms with Gasteiger partial charge in [-0.15, -0.1) is 22.7 Å². The van der Waals surface area contributed by atoms with Crippen LogP contribution in [0.15, 0.2) is 497 Å². The van der Waals surface area contributed by atoms with E-state index < -0.39 is 0 Å². The SMILES string of the molecule is c1ccc(-n2c3ccccc3c3cc(-c4ccc(N(c5ccc(-c6ccc(-n7c8ccccc8c8ccccc87)cc6)cc5)c5ccc(-c6ccc7sc8ccccc8c7c6)cc5)cc4)ccc32)cc1.c1ccc(-n2c3ccccc3c3cc(-c4ccc(N(c5ccc(-c6ccc7sc8ccccc8c7c6)cc5)c5ccc(-n6c7ccccc7c7ccccc76)cc5)cc4)ccc32)cc1. The van der Waals surface area contributed by atoms with Crippen LogP contribution in [-0.2, 0) is 0 Å². The fourth-order valence-corrected chi connectivity index (χ4v) is 22.9. The zero-order chi connectivity index (χ0) is 88.3. The van der Waals surface area contributed by atoms with Gasteiger partial charge in [-0.3, -0.25) is 0 Å². The molecule has 6 heterocycles. The standard InChI is InChI=1S/C66H43N3S.C60H39N3S/c1-2-12-50(13-3-1)68-63-20-10-6-16-57(63)59-42-48(30-40-64(59)68)46-26-34-52(35-27-46)67(53-36-28-47(29-37-53)49-31-41-66-60(43-49)58-17-7-11-21-65(58)70-66)51-32-22-44(23-33-51)45-24-38-54(39-25-45)69-61-18-8-4-14-55(61)56-15-5-9-19-62(56)69;1-2-12-44(13-3-1)62-57-20-10-6-16-51(57)53-38-42(26-36-58(53)62)40-22-28-45(29-23-40)61(46-30-24-41(25-31-46)43-27-37-60-54(39-43)52-17-7-11-21-59(52)64-60)47-32-34-48(35-33-47)63-55-18-8-4-14-49(55)50-15-5-9-19-56(50)63/h1-43H;1-39H. The van der Waals surface area contributed by atoms with Gasteiger partial charge in [0.1, 0.15) is 0 Å². The first-order valence-electron chi connectivity index (χ1n) is 45.7. The number of para-hydroxylation sites is 8. The summed E-state index contributed by atoms with van der Waals surface area (Å²) in [4.78, 5) is 4.74. The van der Waals surface area contributed by atoms with E-state index in [2.05, 4.69) is 526 Å². The Balaban J connectivity index is 0.000000140. The van der Waals surface area contributed by atoms with Gasteiger partial charge in [-0.2, -0.15) is 0 Å². The second kappa shape index (κ2) is 32.5. The third kappa shape index (κ3) is 13.4. The highest BCUT2D eigenvalue weighted by atomic mass is 32.1. The van der Waals surface area contributed by atoms with E-state index in [1.165, 1.54) is 189 Å². The smallest absolute Gasteiger partial charge is 0.0541 e. The van der Waals surface area contributed by atoms with E-state index in [0.29, 0.717) is 0 Å². The Morgan fingerprint density at radius 2 is 0.313 bits per heavy atom. The van der Waals surface area contributed by atoms with Gasteiger partial charge in [0.05, 0.1) is 44.1 Å². The summed E-state index contributed by atoms with van der Waals surface area (Å²) in [5, 5.41) is 15.3. The minimum absolute atomic E-state index is 1.09. The summed E-state index contributed by atoms with van der Waals surface area (Å²) in [6.45, 7) is 0. The summed E-state index contributed by atoms with van der Waals surface area (Å²) in [6, 6.07) is 182. The van der Waals surface area contributed by atoms with E-state index in [4.69, 9.17) is 0 Å². The van der Waals surface area contributed by atoms with Gasteiger partial charge >= 0.3 is 0 Å². The number of fused-ring (bicyclic) bond motifs is 18. The monoisotopic (exact) mass is 1740 g/mol. The Morgan fingerprint density at radius 3 is 0.612 bits per heavy atom. The van der Waals surface area contributed by atoms with Gasteiger partial charge in [-0.05, 0) is 274 Å². The molecule has 21 aromatic carbocycles. The molecule has 6 aromatic heterocycles. The van der Waals surface area contributed by atoms with Crippen molar-refractivity contribution in [1.29, 1.82) is 0 Å². The lowest BCUT2D eigenvalue weighted by atomic mass is 10.0. The molecule has 0 fully saturated rings. The molecule has 628 valence electrons. The normalized spacial score (nSPS) is 11.7. The Hall–Kier alpha value is -17.1. The predicted octanol–water partition coefficient (Wildman–Crippen LogP) is 35.8. The molecule has 8 heteroatoms. The highest BCUT2D eigenvalue weighted by molar-refractivity contribution is 7.26.